The Labute approximate surface area is 311 Å². The van der Waals surface area contributed by atoms with E-state index >= 15 is 0 Å². The summed E-state index contributed by atoms with van der Waals surface area (Å²) in [6.07, 6.45) is 3.38. The molecule has 0 saturated carbocycles. The number of carbonyl (C=O) groups excluding carboxylic acids is 2. The second-order valence-electron chi connectivity index (χ2n) is 13.7. The van der Waals surface area contributed by atoms with Crippen molar-refractivity contribution >= 4 is 28.9 Å². The first-order chi connectivity index (χ1) is 25.8. The number of hydrogen-bond donors (Lipinski definition) is 4. The number of anilines is 3. The quantitative estimate of drug-likeness (QED) is 0.0760. The molecule has 280 valence electrons. The van der Waals surface area contributed by atoms with Crippen molar-refractivity contribution in [2.45, 2.75) is 76.6 Å². The maximum absolute atomic E-state index is 12.9. The van der Waals surface area contributed by atoms with E-state index in [1.165, 1.54) is 11.1 Å². The molecule has 4 aromatic carbocycles. The molecule has 2 amide bonds. The van der Waals surface area contributed by atoms with Crippen LogP contribution in [0.4, 0.5) is 17.1 Å². The number of benzene rings is 4. The highest BCUT2D eigenvalue weighted by Gasteiger charge is 2.34. The summed E-state index contributed by atoms with van der Waals surface area (Å²) in [5, 5.41) is 15.5. The smallest absolute Gasteiger partial charge is 0.224 e. The van der Waals surface area contributed by atoms with Gasteiger partial charge in [-0.15, -0.1) is 0 Å². The SMILES string of the molecule is COc1cc2c(cc1OC)CN(CC1CC(c3ccc(CO)cc3)OC(c3cccc(NC(=O)CCCCCC(=O)Nc4ccccc4N)c3)O1)CC2. The highest BCUT2D eigenvalue weighted by molar-refractivity contribution is 5.93. The first kappa shape index (κ1) is 37.8. The lowest BCUT2D eigenvalue weighted by molar-refractivity contribution is -0.253. The van der Waals surface area contributed by atoms with E-state index in [0.29, 0.717) is 49.2 Å². The summed E-state index contributed by atoms with van der Waals surface area (Å²) in [4.78, 5) is 27.6. The van der Waals surface area contributed by atoms with E-state index in [9.17, 15) is 14.7 Å². The lowest BCUT2D eigenvalue weighted by atomic mass is 9.97. The maximum Gasteiger partial charge on any atom is 0.224 e. The van der Waals surface area contributed by atoms with Crippen LogP contribution in [0.25, 0.3) is 0 Å². The summed E-state index contributed by atoms with van der Waals surface area (Å²) in [7, 11) is 3.32. The van der Waals surface area contributed by atoms with Crippen LogP contribution in [0.1, 0.15) is 78.7 Å². The van der Waals surface area contributed by atoms with Gasteiger partial charge in [0, 0.05) is 50.1 Å². The number of nitrogen functional groups attached to an aromatic ring is 1. The van der Waals surface area contributed by atoms with Crippen LogP contribution < -0.4 is 25.8 Å². The first-order valence-electron chi connectivity index (χ1n) is 18.3. The summed E-state index contributed by atoms with van der Waals surface area (Å²) in [6.45, 7) is 2.36. The van der Waals surface area contributed by atoms with Crippen LogP contribution in [0.3, 0.4) is 0 Å². The molecule has 2 aliphatic heterocycles. The molecule has 3 unspecified atom stereocenters. The summed E-state index contributed by atoms with van der Waals surface area (Å²) in [6, 6.07) is 26.8. The molecule has 0 radical (unpaired) electrons. The molecule has 53 heavy (non-hydrogen) atoms. The van der Waals surface area contributed by atoms with Crippen molar-refractivity contribution in [3.8, 4) is 11.5 Å². The highest BCUT2D eigenvalue weighted by atomic mass is 16.7. The van der Waals surface area contributed by atoms with Crippen molar-refractivity contribution in [2.75, 3.05) is 43.7 Å². The zero-order valence-corrected chi connectivity index (χ0v) is 30.5. The zero-order chi connectivity index (χ0) is 37.2. The zero-order valence-electron chi connectivity index (χ0n) is 30.5. The van der Waals surface area contributed by atoms with Gasteiger partial charge >= 0.3 is 0 Å². The Morgan fingerprint density at radius 1 is 0.830 bits per heavy atom. The average molecular weight is 723 g/mol. The summed E-state index contributed by atoms with van der Waals surface area (Å²) < 4.78 is 24.4. The number of nitrogens with two attached hydrogens (primary N) is 1. The number of fused-ring (bicyclic) bond motifs is 1. The van der Waals surface area contributed by atoms with E-state index < -0.39 is 6.29 Å². The van der Waals surface area contributed by atoms with Crippen molar-refractivity contribution in [2.24, 2.45) is 0 Å². The lowest BCUT2D eigenvalue weighted by Gasteiger charge is -2.39. The predicted octanol–water partition coefficient (Wildman–Crippen LogP) is 6.91. The molecule has 6 rings (SSSR count). The fourth-order valence-corrected chi connectivity index (χ4v) is 6.98. The van der Waals surface area contributed by atoms with Gasteiger partial charge in [0.05, 0.1) is 44.4 Å². The molecule has 1 fully saturated rings. The van der Waals surface area contributed by atoms with E-state index in [-0.39, 0.29) is 30.6 Å². The molecule has 0 bridgehead atoms. The van der Waals surface area contributed by atoms with Crippen LogP contribution in [-0.2, 0) is 38.6 Å². The van der Waals surface area contributed by atoms with Gasteiger partial charge in [-0.2, -0.15) is 0 Å². The van der Waals surface area contributed by atoms with Gasteiger partial charge in [0.25, 0.3) is 0 Å². The number of rotatable bonds is 15. The minimum atomic E-state index is -0.646. The number of hydrogen-bond acceptors (Lipinski definition) is 9. The standard InChI is InChI=1S/C42H50N4O7/c1-50-38-22-30-19-20-46(25-32(30)23-39(38)51-2)26-34-24-37(29-17-15-28(27-47)16-18-29)53-42(52-34)31-9-8-10-33(21-31)44-40(48)13-4-3-5-14-41(49)45-36-12-7-6-11-35(36)43/h6-12,15-18,21-23,34,37,42,47H,3-5,13-14,19-20,24-27,43H2,1-2H3,(H,44,48)(H,45,49). The minimum Gasteiger partial charge on any atom is -0.493 e. The van der Waals surface area contributed by atoms with Gasteiger partial charge in [0.1, 0.15) is 0 Å². The van der Waals surface area contributed by atoms with E-state index in [0.717, 1.165) is 60.7 Å². The fraction of sp³-hybridized carbons (Fsp3) is 0.381. The van der Waals surface area contributed by atoms with Crippen LogP contribution in [-0.4, -0.2) is 55.2 Å². The number of methoxy groups -OCH3 is 2. The third-order valence-electron chi connectivity index (χ3n) is 9.86. The van der Waals surface area contributed by atoms with E-state index in [4.69, 9.17) is 24.7 Å². The molecule has 4 aromatic rings. The number of nitrogens with zero attached hydrogens (tertiary/aromatic N) is 1. The number of unbranched alkanes of at least 4 members (excludes halogenated alkanes) is 2. The van der Waals surface area contributed by atoms with Crippen molar-refractivity contribution in [1.29, 1.82) is 0 Å². The Morgan fingerprint density at radius 3 is 2.26 bits per heavy atom. The summed E-state index contributed by atoms with van der Waals surface area (Å²) >= 11 is 0. The van der Waals surface area contributed by atoms with Gasteiger partial charge in [-0.1, -0.05) is 55.0 Å². The van der Waals surface area contributed by atoms with Crippen molar-refractivity contribution < 1.29 is 33.6 Å². The van der Waals surface area contributed by atoms with Crippen LogP contribution in [0.2, 0.25) is 0 Å². The number of nitrogens with one attached hydrogen (secondary N) is 2. The van der Waals surface area contributed by atoms with Crippen LogP contribution in [0, 0.1) is 0 Å². The van der Waals surface area contributed by atoms with Crippen LogP contribution in [0.15, 0.2) is 84.9 Å². The number of para-hydroxylation sites is 2. The molecule has 3 atom stereocenters. The van der Waals surface area contributed by atoms with Crippen LogP contribution in [0.5, 0.6) is 11.5 Å². The molecule has 2 aliphatic rings. The average Bonchev–Trinajstić information content (AvgIpc) is 3.18. The summed E-state index contributed by atoms with van der Waals surface area (Å²) in [5.41, 5.74) is 12.9. The van der Waals surface area contributed by atoms with Gasteiger partial charge < -0.3 is 40.4 Å². The number of amides is 2. The third-order valence-corrected chi connectivity index (χ3v) is 9.86. The largest absolute Gasteiger partial charge is 0.493 e. The molecule has 11 nitrogen and oxygen atoms in total. The number of ether oxygens (including phenoxy) is 4. The van der Waals surface area contributed by atoms with Crippen molar-refractivity contribution in [1.82, 2.24) is 4.90 Å². The fourth-order valence-electron chi connectivity index (χ4n) is 6.98. The van der Waals surface area contributed by atoms with Gasteiger partial charge in [-0.3, -0.25) is 14.5 Å². The molecule has 11 heteroatoms. The van der Waals surface area contributed by atoms with Gasteiger partial charge in [-0.25, -0.2) is 0 Å². The van der Waals surface area contributed by atoms with Gasteiger partial charge in [-0.05, 0) is 77.9 Å². The minimum absolute atomic E-state index is 0.0202. The number of aliphatic hydroxyl groups excluding tert-OH is 1. The Morgan fingerprint density at radius 2 is 1.55 bits per heavy atom. The Bertz CT molecular complexity index is 1850. The second kappa shape index (κ2) is 18.2. The Kier molecular flexibility index (Phi) is 13.0. The first-order valence-corrected chi connectivity index (χ1v) is 18.3. The van der Waals surface area contributed by atoms with Gasteiger partial charge in [0.2, 0.25) is 11.8 Å². The topological polar surface area (TPSA) is 145 Å². The molecule has 2 heterocycles. The van der Waals surface area contributed by atoms with Crippen molar-refractivity contribution in [3.05, 3.63) is 113 Å². The Balaban J connectivity index is 1.06. The molecular weight excluding hydrogens is 672 g/mol. The normalized spacial score (nSPS) is 18.5. The molecule has 5 N–H and O–H groups in total. The maximum atomic E-state index is 12.9. The van der Waals surface area contributed by atoms with E-state index in [1.807, 2.05) is 60.7 Å². The molecule has 0 aromatic heterocycles. The highest BCUT2D eigenvalue weighted by Crippen LogP contribution is 2.40. The molecule has 0 spiro atoms. The second-order valence-corrected chi connectivity index (χ2v) is 13.7. The molecule has 1 saturated heterocycles. The predicted molar refractivity (Wildman–Crippen MR) is 205 cm³/mol. The van der Waals surface area contributed by atoms with Crippen LogP contribution >= 0.6 is 0 Å². The summed E-state index contributed by atoms with van der Waals surface area (Å²) in [5.74, 6) is 1.29. The van der Waals surface area contributed by atoms with E-state index in [2.05, 4.69) is 27.7 Å². The van der Waals surface area contributed by atoms with Crippen molar-refractivity contribution in [3.63, 3.8) is 0 Å². The molecular formula is C42H50N4O7. The monoisotopic (exact) mass is 722 g/mol. The molecule has 0 aliphatic carbocycles. The van der Waals surface area contributed by atoms with E-state index in [1.54, 1.807) is 26.4 Å². The van der Waals surface area contributed by atoms with Gasteiger partial charge in [0.15, 0.2) is 17.8 Å². The third kappa shape index (κ3) is 10.1. The Hall–Kier alpha value is -4.94. The lowest BCUT2D eigenvalue weighted by Crippen LogP contribution is -2.41. The number of carbonyl (C=O) groups is 2. The number of aliphatic hydroxyl groups is 1.